The van der Waals surface area contributed by atoms with Gasteiger partial charge < -0.3 is 20.1 Å². The van der Waals surface area contributed by atoms with Crippen LogP contribution in [-0.2, 0) is 14.3 Å². The van der Waals surface area contributed by atoms with Crippen LogP contribution in [0.25, 0.3) is 0 Å². The van der Waals surface area contributed by atoms with Crippen LogP contribution >= 0.6 is 0 Å². The molecule has 0 radical (unpaired) electrons. The molecule has 2 aromatic carbocycles. The number of carbonyl (C=O) groups is 3. The number of methoxy groups -OCH3 is 1. The SMILES string of the molecule is COc1ccccc1C(=O)NCC(=O)O[C@@H](C)C(=O)Nc1ccc(F)c(F)c1F. The molecule has 0 heterocycles. The van der Waals surface area contributed by atoms with Crippen LogP contribution in [0.15, 0.2) is 36.4 Å². The lowest BCUT2D eigenvalue weighted by atomic mass is 10.2. The molecule has 0 fully saturated rings. The van der Waals surface area contributed by atoms with E-state index in [0.717, 1.165) is 6.07 Å². The molecule has 2 aromatic rings. The largest absolute Gasteiger partial charge is 0.496 e. The van der Waals surface area contributed by atoms with Gasteiger partial charge in [0.25, 0.3) is 11.8 Å². The summed E-state index contributed by atoms with van der Waals surface area (Å²) in [6.07, 6.45) is -1.39. The minimum absolute atomic E-state index is 0.197. The Bertz CT molecular complexity index is 936. The Hall–Kier alpha value is -3.56. The van der Waals surface area contributed by atoms with Gasteiger partial charge in [-0.15, -0.1) is 0 Å². The molecule has 2 amide bonds. The third kappa shape index (κ3) is 5.47. The van der Waals surface area contributed by atoms with Gasteiger partial charge >= 0.3 is 5.97 Å². The molecular weight excluding hydrogens is 393 g/mol. The molecule has 0 aliphatic heterocycles. The lowest BCUT2D eigenvalue weighted by molar-refractivity contribution is -0.152. The van der Waals surface area contributed by atoms with E-state index >= 15 is 0 Å². The second-order valence-corrected chi connectivity index (χ2v) is 5.73. The number of hydrogen-bond acceptors (Lipinski definition) is 5. The molecule has 10 heteroatoms. The van der Waals surface area contributed by atoms with Crippen LogP contribution in [0.3, 0.4) is 0 Å². The van der Waals surface area contributed by atoms with Crippen LogP contribution in [-0.4, -0.2) is 37.5 Å². The predicted molar refractivity (Wildman–Crippen MR) is 95.8 cm³/mol. The van der Waals surface area contributed by atoms with E-state index in [4.69, 9.17) is 9.47 Å². The minimum atomic E-state index is -1.74. The molecule has 0 unspecified atom stereocenters. The fourth-order valence-electron chi connectivity index (χ4n) is 2.23. The average Bonchev–Trinajstić information content (AvgIpc) is 2.72. The molecule has 29 heavy (non-hydrogen) atoms. The summed E-state index contributed by atoms with van der Waals surface area (Å²) < 4.78 is 49.6. The average molecular weight is 410 g/mol. The molecule has 2 N–H and O–H groups in total. The number of anilines is 1. The van der Waals surface area contributed by atoms with E-state index in [-0.39, 0.29) is 5.56 Å². The summed E-state index contributed by atoms with van der Waals surface area (Å²) >= 11 is 0. The van der Waals surface area contributed by atoms with E-state index in [1.165, 1.54) is 20.1 Å². The highest BCUT2D eigenvalue weighted by Crippen LogP contribution is 2.20. The summed E-state index contributed by atoms with van der Waals surface area (Å²) in [6, 6.07) is 7.80. The first-order chi connectivity index (χ1) is 13.7. The number of hydrogen-bond donors (Lipinski definition) is 2. The molecule has 0 bridgehead atoms. The number of benzene rings is 2. The van der Waals surface area contributed by atoms with Crippen molar-refractivity contribution in [3.63, 3.8) is 0 Å². The highest BCUT2D eigenvalue weighted by atomic mass is 19.2. The number of halogens is 3. The molecule has 0 aromatic heterocycles. The van der Waals surface area contributed by atoms with E-state index in [2.05, 4.69) is 5.32 Å². The second-order valence-electron chi connectivity index (χ2n) is 5.73. The molecule has 1 atom stereocenters. The van der Waals surface area contributed by atoms with E-state index in [1.54, 1.807) is 18.2 Å². The third-order valence-corrected chi connectivity index (χ3v) is 3.72. The van der Waals surface area contributed by atoms with Gasteiger partial charge in [-0.1, -0.05) is 12.1 Å². The van der Waals surface area contributed by atoms with Crippen molar-refractivity contribution in [1.29, 1.82) is 0 Å². The Balaban J connectivity index is 1.89. The Kier molecular flexibility index (Phi) is 7.18. The second kappa shape index (κ2) is 9.58. The van der Waals surface area contributed by atoms with Gasteiger partial charge in [0.15, 0.2) is 23.6 Å². The topological polar surface area (TPSA) is 93.7 Å². The smallest absolute Gasteiger partial charge is 0.326 e. The maximum absolute atomic E-state index is 13.6. The Morgan fingerprint density at radius 3 is 2.41 bits per heavy atom. The van der Waals surface area contributed by atoms with Crippen molar-refractivity contribution >= 4 is 23.5 Å². The van der Waals surface area contributed by atoms with Gasteiger partial charge in [0.2, 0.25) is 0 Å². The van der Waals surface area contributed by atoms with Gasteiger partial charge in [0, 0.05) is 0 Å². The van der Waals surface area contributed by atoms with E-state index in [1.807, 2.05) is 5.32 Å². The first-order valence-electron chi connectivity index (χ1n) is 8.29. The summed E-state index contributed by atoms with van der Waals surface area (Å²) in [5, 5.41) is 4.30. The highest BCUT2D eigenvalue weighted by molar-refractivity contribution is 5.99. The lowest BCUT2D eigenvalue weighted by Gasteiger charge is -2.14. The normalized spacial score (nSPS) is 11.3. The van der Waals surface area contributed by atoms with Crippen molar-refractivity contribution in [1.82, 2.24) is 5.32 Å². The van der Waals surface area contributed by atoms with Crippen molar-refractivity contribution in [3.8, 4) is 5.75 Å². The van der Waals surface area contributed by atoms with Crippen molar-refractivity contribution in [2.24, 2.45) is 0 Å². The summed E-state index contributed by atoms with van der Waals surface area (Å²) in [6.45, 7) is 0.640. The van der Waals surface area contributed by atoms with E-state index in [9.17, 15) is 27.6 Å². The maximum atomic E-state index is 13.6. The number of carbonyl (C=O) groups excluding carboxylic acids is 3. The van der Waals surface area contributed by atoms with Crippen LogP contribution in [0.1, 0.15) is 17.3 Å². The first kappa shape index (κ1) is 21.7. The monoisotopic (exact) mass is 410 g/mol. The lowest BCUT2D eigenvalue weighted by Crippen LogP contribution is -2.36. The van der Waals surface area contributed by atoms with Crippen molar-refractivity contribution in [2.45, 2.75) is 13.0 Å². The Morgan fingerprint density at radius 2 is 1.72 bits per heavy atom. The maximum Gasteiger partial charge on any atom is 0.326 e. The summed E-state index contributed by atoms with van der Waals surface area (Å²) in [5.74, 6) is -6.95. The zero-order chi connectivity index (χ0) is 21.6. The molecule has 0 aliphatic rings. The zero-order valence-corrected chi connectivity index (χ0v) is 15.4. The standard InChI is InChI=1S/C19H17F3N2O5/c1-10(18(26)24-13-8-7-12(20)16(21)17(13)22)29-15(25)9-23-19(27)11-5-3-4-6-14(11)28-2/h3-8,10H,9H2,1-2H3,(H,23,27)(H,24,26)/t10-/m0/s1. The quantitative estimate of drug-likeness (QED) is 0.540. The molecule has 0 saturated heterocycles. The fourth-order valence-corrected chi connectivity index (χ4v) is 2.23. The summed E-state index contributed by atoms with van der Waals surface area (Å²) in [7, 11) is 1.39. The zero-order valence-electron chi connectivity index (χ0n) is 15.4. The highest BCUT2D eigenvalue weighted by Gasteiger charge is 2.22. The Labute approximate surface area is 163 Å². The van der Waals surface area contributed by atoms with Gasteiger partial charge in [-0.05, 0) is 31.2 Å². The number of nitrogens with one attached hydrogen (secondary N) is 2. The van der Waals surface area contributed by atoms with Gasteiger partial charge in [-0.2, -0.15) is 0 Å². The van der Waals surface area contributed by atoms with Crippen LogP contribution in [0.4, 0.5) is 18.9 Å². The number of amides is 2. The molecule has 0 saturated carbocycles. The van der Waals surface area contributed by atoms with E-state index in [0.29, 0.717) is 11.8 Å². The van der Waals surface area contributed by atoms with E-state index < -0.39 is 53.6 Å². The third-order valence-electron chi connectivity index (χ3n) is 3.72. The molecule has 0 spiro atoms. The molecular formula is C19H17F3N2O5. The molecule has 154 valence electrons. The minimum Gasteiger partial charge on any atom is -0.496 e. The first-order valence-corrected chi connectivity index (χ1v) is 8.29. The van der Waals surface area contributed by atoms with Crippen LogP contribution < -0.4 is 15.4 Å². The molecule has 0 aliphatic carbocycles. The van der Waals surface area contributed by atoms with Gasteiger partial charge in [0.05, 0.1) is 18.4 Å². The number of rotatable bonds is 7. The van der Waals surface area contributed by atoms with Crippen molar-refractivity contribution < 1.29 is 37.0 Å². The Morgan fingerprint density at radius 1 is 1.03 bits per heavy atom. The van der Waals surface area contributed by atoms with Crippen molar-refractivity contribution in [3.05, 3.63) is 59.4 Å². The fraction of sp³-hybridized carbons (Fsp3) is 0.211. The number of esters is 1. The molecule has 7 nitrogen and oxygen atoms in total. The predicted octanol–water partition coefficient (Wildman–Crippen LogP) is 2.41. The summed E-state index contributed by atoms with van der Waals surface area (Å²) in [5.41, 5.74) is -0.413. The number of ether oxygens (including phenoxy) is 2. The van der Waals surface area contributed by atoms with Gasteiger partial charge in [-0.3, -0.25) is 14.4 Å². The van der Waals surface area contributed by atoms with Crippen LogP contribution in [0.5, 0.6) is 5.75 Å². The van der Waals surface area contributed by atoms with Crippen molar-refractivity contribution in [2.75, 3.05) is 19.0 Å². The van der Waals surface area contributed by atoms with Gasteiger partial charge in [-0.25, -0.2) is 13.2 Å². The van der Waals surface area contributed by atoms with Crippen LogP contribution in [0.2, 0.25) is 0 Å². The summed E-state index contributed by atoms with van der Waals surface area (Å²) in [4.78, 5) is 35.9. The number of para-hydroxylation sites is 1. The van der Waals surface area contributed by atoms with Crippen LogP contribution in [0, 0.1) is 17.5 Å². The van der Waals surface area contributed by atoms with Gasteiger partial charge in [0.1, 0.15) is 12.3 Å². The molecule has 2 rings (SSSR count).